The second-order valence-electron chi connectivity index (χ2n) is 7.22. The number of urea groups is 1. The lowest BCUT2D eigenvalue weighted by Gasteiger charge is -2.38. The van der Waals surface area contributed by atoms with Crippen LogP contribution < -0.4 is 5.32 Å². The van der Waals surface area contributed by atoms with Crippen molar-refractivity contribution in [2.45, 2.75) is 32.2 Å². The number of hydrogen-bond donors (Lipinski definition) is 2. The van der Waals surface area contributed by atoms with Gasteiger partial charge in [0.25, 0.3) is 10.2 Å². The standard InChI is InChI=1S/C15H28N4O5S/c1-11-7-12(14(20)21)9-18(8-11)15(22)16-13-5-4-6-19(10-13)25(23,24)17(2)3/h11-13H,4-10H2,1-3H3,(H,16,22)(H,20,21)/t11?,12?,13-/m1/s1. The van der Waals surface area contributed by atoms with Gasteiger partial charge in [-0.1, -0.05) is 6.92 Å². The minimum absolute atomic E-state index is 0.123. The Balaban J connectivity index is 1.97. The number of carboxylic acid groups (broad SMARTS) is 1. The minimum atomic E-state index is -3.50. The Labute approximate surface area is 149 Å². The fraction of sp³-hybridized carbons (Fsp3) is 0.867. The van der Waals surface area contributed by atoms with Crippen LogP contribution in [0.3, 0.4) is 0 Å². The van der Waals surface area contributed by atoms with Crippen molar-refractivity contribution in [3.8, 4) is 0 Å². The molecule has 2 N–H and O–H groups in total. The lowest BCUT2D eigenvalue weighted by molar-refractivity contribution is -0.143. The summed E-state index contributed by atoms with van der Waals surface area (Å²) in [7, 11) is -0.529. The van der Waals surface area contributed by atoms with Crippen LogP contribution >= 0.6 is 0 Å². The monoisotopic (exact) mass is 376 g/mol. The number of hydrogen-bond acceptors (Lipinski definition) is 4. The Morgan fingerprint density at radius 1 is 1.20 bits per heavy atom. The topological polar surface area (TPSA) is 110 Å². The van der Waals surface area contributed by atoms with Crippen LogP contribution in [0.15, 0.2) is 0 Å². The summed E-state index contributed by atoms with van der Waals surface area (Å²) in [5.41, 5.74) is 0. The van der Waals surface area contributed by atoms with Gasteiger partial charge in [-0.05, 0) is 25.2 Å². The Morgan fingerprint density at radius 2 is 1.88 bits per heavy atom. The van der Waals surface area contributed by atoms with Gasteiger partial charge in [-0.25, -0.2) is 4.79 Å². The molecule has 2 rings (SSSR count). The van der Waals surface area contributed by atoms with Crippen LogP contribution in [0.2, 0.25) is 0 Å². The molecule has 3 atom stereocenters. The van der Waals surface area contributed by atoms with E-state index in [0.717, 1.165) is 0 Å². The molecule has 10 heteroatoms. The zero-order valence-corrected chi connectivity index (χ0v) is 15.8. The molecule has 0 bridgehead atoms. The number of carbonyl (C=O) groups is 2. The first kappa shape index (κ1) is 19.9. The van der Waals surface area contributed by atoms with Gasteiger partial charge in [-0.15, -0.1) is 0 Å². The molecule has 0 aromatic rings. The van der Waals surface area contributed by atoms with Crippen LogP contribution in [0.4, 0.5) is 4.79 Å². The van der Waals surface area contributed by atoms with E-state index in [1.165, 1.54) is 27.6 Å². The molecule has 0 aliphatic carbocycles. The maximum Gasteiger partial charge on any atom is 0.317 e. The Morgan fingerprint density at radius 3 is 2.48 bits per heavy atom. The molecule has 0 radical (unpaired) electrons. The van der Waals surface area contributed by atoms with Crippen molar-refractivity contribution in [3.63, 3.8) is 0 Å². The molecule has 0 spiro atoms. The maximum atomic E-state index is 12.5. The molecular weight excluding hydrogens is 348 g/mol. The summed E-state index contributed by atoms with van der Waals surface area (Å²) in [6.07, 6.45) is 1.94. The van der Waals surface area contributed by atoms with Crippen molar-refractivity contribution < 1.29 is 23.1 Å². The molecule has 2 amide bonds. The first-order valence-corrected chi connectivity index (χ1v) is 9.96. The average Bonchev–Trinajstić information content (AvgIpc) is 2.54. The van der Waals surface area contributed by atoms with Gasteiger partial charge in [0.05, 0.1) is 5.92 Å². The van der Waals surface area contributed by atoms with Crippen molar-refractivity contribution in [3.05, 3.63) is 0 Å². The van der Waals surface area contributed by atoms with E-state index in [-0.39, 0.29) is 31.1 Å². The van der Waals surface area contributed by atoms with Gasteiger partial charge in [0.1, 0.15) is 0 Å². The predicted octanol–water partition coefficient (Wildman–Crippen LogP) is 0.00940. The van der Waals surface area contributed by atoms with Gasteiger partial charge in [0, 0.05) is 46.3 Å². The number of aliphatic carboxylic acids is 1. The van der Waals surface area contributed by atoms with Crippen LogP contribution in [0.1, 0.15) is 26.2 Å². The Hall–Kier alpha value is -1.39. The smallest absolute Gasteiger partial charge is 0.317 e. The van der Waals surface area contributed by atoms with E-state index in [9.17, 15) is 23.1 Å². The van der Waals surface area contributed by atoms with E-state index in [1.54, 1.807) is 0 Å². The molecule has 0 saturated carbocycles. The molecule has 2 aliphatic heterocycles. The Kier molecular flexibility index (Phi) is 6.28. The highest BCUT2D eigenvalue weighted by atomic mass is 32.2. The Bertz CT molecular complexity index is 609. The fourth-order valence-electron chi connectivity index (χ4n) is 3.46. The van der Waals surface area contributed by atoms with Gasteiger partial charge >= 0.3 is 12.0 Å². The van der Waals surface area contributed by atoms with Crippen molar-refractivity contribution in [1.82, 2.24) is 18.8 Å². The average molecular weight is 376 g/mol. The van der Waals surface area contributed by atoms with Gasteiger partial charge in [-0.3, -0.25) is 4.79 Å². The number of piperidine rings is 2. The van der Waals surface area contributed by atoms with E-state index >= 15 is 0 Å². The van der Waals surface area contributed by atoms with Crippen molar-refractivity contribution in [2.24, 2.45) is 11.8 Å². The van der Waals surface area contributed by atoms with Crippen molar-refractivity contribution in [2.75, 3.05) is 40.3 Å². The van der Waals surface area contributed by atoms with Crippen LogP contribution in [0.25, 0.3) is 0 Å². The van der Waals surface area contributed by atoms with Gasteiger partial charge < -0.3 is 15.3 Å². The van der Waals surface area contributed by atoms with Crippen molar-refractivity contribution in [1.29, 1.82) is 0 Å². The van der Waals surface area contributed by atoms with Gasteiger partial charge in [0.15, 0.2) is 0 Å². The molecule has 2 saturated heterocycles. The number of carboxylic acids is 1. The van der Waals surface area contributed by atoms with Crippen LogP contribution in [-0.4, -0.2) is 85.4 Å². The third kappa shape index (κ3) is 4.83. The molecule has 2 unspecified atom stereocenters. The van der Waals surface area contributed by atoms with E-state index in [1.807, 2.05) is 6.92 Å². The lowest BCUT2D eigenvalue weighted by Crippen LogP contribution is -2.56. The zero-order valence-electron chi connectivity index (χ0n) is 15.0. The third-order valence-corrected chi connectivity index (χ3v) is 6.70. The molecule has 0 aromatic heterocycles. The summed E-state index contributed by atoms with van der Waals surface area (Å²) >= 11 is 0. The van der Waals surface area contributed by atoms with E-state index in [2.05, 4.69) is 5.32 Å². The molecule has 2 heterocycles. The summed E-state index contributed by atoms with van der Waals surface area (Å²) in [6.45, 7) is 3.31. The molecule has 2 aliphatic rings. The second kappa shape index (κ2) is 7.88. The number of nitrogens with one attached hydrogen (secondary N) is 1. The number of likely N-dealkylation sites (tertiary alicyclic amines) is 1. The maximum absolute atomic E-state index is 12.5. The zero-order chi connectivity index (χ0) is 18.8. The van der Waals surface area contributed by atoms with Crippen LogP contribution in [0.5, 0.6) is 0 Å². The number of nitrogens with zero attached hydrogens (tertiary/aromatic N) is 3. The largest absolute Gasteiger partial charge is 0.481 e. The van der Waals surface area contributed by atoms with Crippen LogP contribution in [0, 0.1) is 11.8 Å². The highest BCUT2D eigenvalue weighted by Crippen LogP contribution is 2.22. The second-order valence-corrected chi connectivity index (χ2v) is 9.36. The number of rotatable bonds is 4. The van der Waals surface area contributed by atoms with E-state index < -0.39 is 22.1 Å². The summed E-state index contributed by atoms with van der Waals surface area (Å²) in [6, 6.07) is -0.580. The minimum Gasteiger partial charge on any atom is -0.481 e. The van der Waals surface area contributed by atoms with Gasteiger partial charge in [-0.2, -0.15) is 17.0 Å². The third-order valence-electron chi connectivity index (χ3n) is 4.80. The first-order chi connectivity index (χ1) is 11.6. The number of carbonyl (C=O) groups excluding carboxylic acids is 1. The summed E-state index contributed by atoms with van der Waals surface area (Å²) < 4.78 is 27.0. The highest BCUT2D eigenvalue weighted by Gasteiger charge is 2.35. The van der Waals surface area contributed by atoms with Gasteiger partial charge in [0.2, 0.25) is 0 Å². The SMILES string of the molecule is CC1CC(C(=O)O)CN(C(=O)N[C@@H]2CCCN(S(=O)(=O)N(C)C)C2)C1. The molecule has 9 nitrogen and oxygen atoms in total. The van der Waals surface area contributed by atoms with E-state index in [4.69, 9.17) is 0 Å². The normalized spacial score (nSPS) is 28.8. The molecule has 0 aromatic carbocycles. The molecule has 144 valence electrons. The highest BCUT2D eigenvalue weighted by molar-refractivity contribution is 7.86. The molecular formula is C15H28N4O5S. The van der Waals surface area contributed by atoms with E-state index in [0.29, 0.717) is 32.4 Å². The lowest BCUT2D eigenvalue weighted by atomic mass is 9.91. The predicted molar refractivity (Wildman–Crippen MR) is 92.2 cm³/mol. The molecule has 25 heavy (non-hydrogen) atoms. The summed E-state index contributed by atoms with van der Waals surface area (Å²) in [5.74, 6) is -1.31. The molecule has 2 fully saturated rings. The van der Waals surface area contributed by atoms with Crippen LogP contribution in [-0.2, 0) is 15.0 Å². The fourth-order valence-corrected chi connectivity index (χ4v) is 4.65. The first-order valence-electron chi connectivity index (χ1n) is 8.57. The quantitative estimate of drug-likeness (QED) is 0.718. The summed E-state index contributed by atoms with van der Waals surface area (Å²) in [5, 5.41) is 12.1. The van der Waals surface area contributed by atoms with Crippen molar-refractivity contribution >= 4 is 22.2 Å². The summed E-state index contributed by atoms with van der Waals surface area (Å²) in [4.78, 5) is 25.3. The number of amides is 2.